The Balaban J connectivity index is 3.06. The van der Waals surface area contributed by atoms with E-state index in [9.17, 15) is 0 Å². The van der Waals surface area contributed by atoms with E-state index in [0.717, 1.165) is 22.2 Å². The summed E-state index contributed by atoms with van der Waals surface area (Å²) in [5.41, 5.74) is 7.97. The number of hydrogen-bond donors (Lipinski definition) is 1. The number of hydrogen-bond acceptors (Lipinski definition) is 2. The molecule has 1 rings (SSSR count). The second-order valence-corrected chi connectivity index (χ2v) is 4.10. The zero-order chi connectivity index (χ0) is 11.3. The van der Waals surface area contributed by atoms with E-state index in [4.69, 9.17) is 10.5 Å². The predicted octanol–water partition coefficient (Wildman–Crippen LogP) is 3.21. The molecule has 0 aliphatic rings. The smallest absolute Gasteiger partial charge is 0.119 e. The first kappa shape index (κ1) is 12.3. The van der Waals surface area contributed by atoms with Crippen molar-refractivity contribution in [2.45, 2.75) is 13.3 Å². The van der Waals surface area contributed by atoms with Crippen LogP contribution in [0.25, 0.3) is 6.08 Å². The summed E-state index contributed by atoms with van der Waals surface area (Å²) in [5.74, 6) is 0.858. The Morgan fingerprint density at radius 2 is 2.27 bits per heavy atom. The molecule has 1 aromatic rings. The summed E-state index contributed by atoms with van der Waals surface area (Å²) in [6.07, 6.45) is 3.08. The van der Waals surface area contributed by atoms with Gasteiger partial charge < -0.3 is 10.5 Å². The Bertz CT molecular complexity index is 355. The molecular formula is C12H16BrNO. The summed E-state index contributed by atoms with van der Waals surface area (Å²) < 4.78 is 6.24. The lowest BCUT2D eigenvalue weighted by molar-refractivity contribution is 0.414. The fourth-order valence-corrected chi connectivity index (χ4v) is 1.65. The van der Waals surface area contributed by atoms with Crippen molar-refractivity contribution < 1.29 is 4.74 Å². The molecule has 0 aliphatic heterocycles. The zero-order valence-corrected chi connectivity index (χ0v) is 10.7. The van der Waals surface area contributed by atoms with Gasteiger partial charge in [-0.05, 0) is 30.2 Å². The monoisotopic (exact) mass is 269 g/mol. The fourth-order valence-electron chi connectivity index (χ4n) is 1.28. The van der Waals surface area contributed by atoms with Crippen LogP contribution in [0, 0.1) is 0 Å². The van der Waals surface area contributed by atoms with Gasteiger partial charge in [-0.1, -0.05) is 34.5 Å². The normalized spacial score (nSPS) is 11.6. The molecule has 0 atom stereocenters. The number of halogens is 1. The molecule has 2 N–H and O–H groups in total. The molecule has 0 saturated heterocycles. The van der Waals surface area contributed by atoms with Crippen LogP contribution in [-0.2, 0) is 0 Å². The van der Waals surface area contributed by atoms with Crippen LogP contribution < -0.4 is 10.5 Å². The Hall–Kier alpha value is -0.800. The van der Waals surface area contributed by atoms with Crippen molar-refractivity contribution >= 4 is 22.0 Å². The quantitative estimate of drug-likeness (QED) is 0.911. The van der Waals surface area contributed by atoms with Crippen molar-refractivity contribution in [3.8, 4) is 5.75 Å². The standard InChI is InChI=1S/C12H16BrNO/c1-3-9(8-14)6-10-7-11(15-2)4-5-12(10)13/h4-7H,3,8,14H2,1-2H3/b9-6-. The highest BCUT2D eigenvalue weighted by Crippen LogP contribution is 2.24. The minimum atomic E-state index is 0.597. The molecule has 0 fully saturated rings. The number of benzene rings is 1. The molecule has 0 radical (unpaired) electrons. The minimum Gasteiger partial charge on any atom is -0.497 e. The fraction of sp³-hybridized carbons (Fsp3) is 0.333. The maximum absolute atomic E-state index is 5.64. The zero-order valence-electron chi connectivity index (χ0n) is 9.09. The third-order valence-corrected chi connectivity index (χ3v) is 3.00. The number of methoxy groups -OCH3 is 1. The third-order valence-electron chi connectivity index (χ3n) is 2.28. The highest BCUT2D eigenvalue weighted by Gasteiger charge is 2.00. The largest absolute Gasteiger partial charge is 0.497 e. The lowest BCUT2D eigenvalue weighted by Gasteiger charge is -2.05. The molecule has 0 aliphatic carbocycles. The van der Waals surface area contributed by atoms with Gasteiger partial charge in [-0.25, -0.2) is 0 Å². The van der Waals surface area contributed by atoms with E-state index in [1.54, 1.807) is 7.11 Å². The van der Waals surface area contributed by atoms with E-state index in [0.29, 0.717) is 6.54 Å². The highest BCUT2D eigenvalue weighted by atomic mass is 79.9. The SMILES string of the molecule is CC/C(=C/c1cc(OC)ccc1Br)CN. The van der Waals surface area contributed by atoms with Crippen LogP contribution in [0.5, 0.6) is 5.75 Å². The van der Waals surface area contributed by atoms with Crippen LogP contribution in [0.1, 0.15) is 18.9 Å². The average Bonchev–Trinajstić information content (AvgIpc) is 2.28. The van der Waals surface area contributed by atoms with E-state index >= 15 is 0 Å². The van der Waals surface area contributed by atoms with E-state index in [2.05, 4.69) is 28.9 Å². The van der Waals surface area contributed by atoms with Crippen LogP contribution in [-0.4, -0.2) is 13.7 Å². The van der Waals surface area contributed by atoms with Crippen LogP contribution in [0.2, 0.25) is 0 Å². The average molecular weight is 270 g/mol. The van der Waals surface area contributed by atoms with Crippen molar-refractivity contribution in [2.75, 3.05) is 13.7 Å². The van der Waals surface area contributed by atoms with Gasteiger partial charge >= 0.3 is 0 Å². The minimum absolute atomic E-state index is 0.597. The van der Waals surface area contributed by atoms with E-state index in [1.165, 1.54) is 5.57 Å². The molecule has 0 aromatic heterocycles. The molecule has 0 saturated carbocycles. The number of ether oxygens (including phenoxy) is 1. The molecule has 15 heavy (non-hydrogen) atoms. The van der Waals surface area contributed by atoms with Crippen LogP contribution in [0.15, 0.2) is 28.2 Å². The van der Waals surface area contributed by atoms with Gasteiger partial charge in [0, 0.05) is 11.0 Å². The van der Waals surface area contributed by atoms with Crippen molar-refractivity contribution in [1.82, 2.24) is 0 Å². The first-order chi connectivity index (χ1) is 7.21. The van der Waals surface area contributed by atoms with Gasteiger partial charge in [0.1, 0.15) is 5.75 Å². The molecule has 0 bridgehead atoms. The molecule has 2 nitrogen and oxygen atoms in total. The maximum Gasteiger partial charge on any atom is 0.119 e. The Morgan fingerprint density at radius 1 is 1.53 bits per heavy atom. The van der Waals surface area contributed by atoms with E-state index in [-0.39, 0.29) is 0 Å². The van der Waals surface area contributed by atoms with Gasteiger partial charge in [0.15, 0.2) is 0 Å². The van der Waals surface area contributed by atoms with Gasteiger partial charge in [-0.2, -0.15) is 0 Å². The van der Waals surface area contributed by atoms with E-state index < -0.39 is 0 Å². The van der Waals surface area contributed by atoms with Crippen molar-refractivity contribution in [2.24, 2.45) is 5.73 Å². The molecular weight excluding hydrogens is 254 g/mol. The van der Waals surface area contributed by atoms with Crippen LogP contribution in [0.4, 0.5) is 0 Å². The Kier molecular flexibility index (Phi) is 4.85. The number of rotatable bonds is 4. The van der Waals surface area contributed by atoms with Crippen molar-refractivity contribution in [3.05, 3.63) is 33.8 Å². The second-order valence-electron chi connectivity index (χ2n) is 3.25. The van der Waals surface area contributed by atoms with Gasteiger partial charge in [-0.3, -0.25) is 0 Å². The third kappa shape index (κ3) is 3.36. The second kappa shape index (κ2) is 5.93. The topological polar surface area (TPSA) is 35.2 Å². The van der Waals surface area contributed by atoms with Gasteiger partial charge in [0.25, 0.3) is 0 Å². The lowest BCUT2D eigenvalue weighted by Crippen LogP contribution is -2.01. The van der Waals surface area contributed by atoms with E-state index in [1.807, 2.05) is 18.2 Å². The highest BCUT2D eigenvalue weighted by molar-refractivity contribution is 9.10. The summed E-state index contributed by atoms with van der Waals surface area (Å²) in [6, 6.07) is 5.90. The summed E-state index contributed by atoms with van der Waals surface area (Å²) in [5, 5.41) is 0. The summed E-state index contributed by atoms with van der Waals surface area (Å²) in [4.78, 5) is 0. The summed E-state index contributed by atoms with van der Waals surface area (Å²) >= 11 is 3.51. The Morgan fingerprint density at radius 3 is 2.80 bits per heavy atom. The van der Waals surface area contributed by atoms with Crippen molar-refractivity contribution in [1.29, 1.82) is 0 Å². The van der Waals surface area contributed by atoms with Crippen LogP contribution in [0.3, 0.4) is 0 Å². The molecule has 82 valence electrons. The first-order valence-electron chi connectivity index (χ1n) is 4.94. The maximum atomic E-state index is 5.64. The Labute approximate surface area is 99.3 Å². The molecule has 0 unspecified atom stereocenters. The molecule has 0 heterocycles. The molecule has 0 amide bonds. The summed E-state index contributed by atoms with van der Waals surface area (Å²) in [7, 11) is 1.67. The molecule has 3 heteroatoms. The van der Waals surface area contributed by atoms with Crippen molar-refractivity contribution in [3.63, 3.8) is 0 Å². The lowest BCUT2D eigenvalue weighted by atomic mass is 10.1. The van der Waals surface area contributed by atoms with Gasteiger partial charge in [0.2, 0.25) is 0 Å². The predicted molar refractivity (Wildman–Crippen MR) is 68.0 cm³/mol. The van der Waals surface area contributed by atoms with Gasteiger partial charge in [-0.15, -0.1) is 0 Å². The molecule has 0 spiro atoms. The van der Waals surface area contributed by atoms with Gasteiger partial charge in [0.05, 0.1) is 7.11 Å². The number of nitrogens with two attached hydrogens (primary N) is 1. The summed E-state index contributed by atoms with van der Waals surface area (Å²) in [6.45, 7) is 2.70. The molecule has 1 aromatic carbocycles. The van der Waals surface area contributed by atoms with Crippen LogP contribution >= 0.6 is 15.9 Å². The first-order valence-corrected chi connectivity index (χ1v) is 5.73.